The summed E-state index contributed by atoms with van der Waals surface area (Å²) < 4.78 is 16.5. The Morgan fingerprint density at radius 1 is 1.20 bits per heavy atom. The van der Waals surface area contributed by atoms with Gasteiger partial charge in [-0.3, -0.25) is 9.78 Å². The monoisotopic (exact) mass is 599 g/mol. The van der Waals surface area contributed by atoms with Crippen LogP contribution >= 0.6 is 23.2 Å². The molecule has 0 aliphatic carbocycles. The molecule has 0 spiro atoms. The molecule has 0 bridgehead atoms. The van der Waals surface area contributed by atoms with Crippen molar-refractivity contribution in [3.8, 4) is 22.8 Å². The van der Waals surface area contributed by atoms with Gasteiger partial charge in [0, 0.05) is 55.7 Å². The van der Waals surface area contributed by atoms with Gasteiger partial charge in [-0.05, 0) is 24.1 Å². The number of amides is 1. The smallest absolute Gasteiger partial charge is 0.243 e. The van der Waals surface area contributed by atoms with Crippen LogP contribution in [0.25, 0.3) is 22.2 Å². The maximum absolute atomic E-state index is 12.0. The number of allylic oxidation sites excluding steroid dienone is 1. The minimum absolute atomic E-state index is 0.191. The SMILES string of the molecule is C=CC(=O)N[C@H]1CCOC[C@H]1Nc1ncc2cc(-c3c(Cl)c(OC)cc(OC)c3Cl)nc(C/C(C=N)=C/NC)c2n1. The molecule has 1 fully saturated rings. The van der Waals surface area contributed by atoms with Crippen LogP contribution < -0.4 is 25.4 Å². The fourth-order valence-corrected chi connectivity index (χ4v) is 5.21. The molecule has 1 aliphatic rings. The summed E-state index contributed by atoms with van der Waals surface area (Å²) in [5.74, 6) is 0.842. The van der Waals surface area contributed by atoms with Gasteiger partial charge >= 0.3 is 0 Å². The minimum atomic E-state index is -0.260. The van der Waals surface area contributed by atoms with Crippen molar-refractivity contribution in [2.45, 2.75) is 24.9 Å². The summed E-state index contributed by atoms with van der Waals surface area (Å²) in [6, 6.07) is 2.95. The fourth-order valence-electron chi connectivity index (χ4n) is 4.52. The van der Waals surface area contributed by atoms with Gasteiger partial charge in [0.25, 0.3) is 0 Å². The van der Waals surface area contributed by atoms with Gasteiger partial charge in [-0.1, -0.05) is 29.8 Å². The van der Waals surface area contributed by atoms with E-state index in [1.165, 1.54) is 26.5 Å². The summed E-state index contributed by atoms with van der Waals surface area (Å²) in [6.07, 6.45) is 6.79. The maximum Gasteiger partial charge on any atom is 0.243 e. The standard InChI is InChI=1S/C28H31Cl2N7O4/c1-5-23(38)35-17-6-7-41-14-20(17)36-28-33-13-16-9-18(24-25(29)21(39-3)10-22(40-4)26(24)30)34-19(27(16)37-28)8-15(11-31)12-32-2/h5,9-13,17,20,31-32H,1,6-8,14H2,2-4H3,(H,35,38)(H,33,36,37)/b15-12-,31-11?/t17-,20+/m0/s1. The number of carbonyl (C=O) groups excluding carboxylic acids is 1. The van der Waals surface area contributed by atoms with E-state index < -0.39 is 0 Å². The lowest BCUT2D eigenvalue weighted by molar-refractivity contribution is -0.117. The van der Waals surface area contributed by atoms with Crippen LogP contribution in [-0.2, 0) is 16.0 Å². The molecular weight excluding hydrogens is 569 g/mol. The van der Waals surface area contributed by atoms with Crippen molar-refractivity contribution >= 4 is 52.2 Å². The average molecular weight is 601 g/mol. The first-order valence-electron chi connectivity index (χ1n) is 12.7. The topological polar surface area (TPSA) is 143 Å². The predicted molar refractivity (Wildman–Crippen MR) is 160 cm³/mol. The molecule has 0 radical (unpaired) electrons. The number of rotatable bonds is 11. The second-order valence-electron chi connectivity index (χ2n) is 9.13. The molecule has 13 heteroatoms. The molecule has 2 aromatic heterocycles. The number of carbonyl (C=O) groups is 1. The van der Waals surface area contributed by atoms with Gasteiger partial charge in [-0.15, -0.1) is 0 Å². The van der Waals surface area contributed by atoms with Gasteiger partial charge in [-0.2, -0.15) is 0 Å². The van der Waals surface area contributed by atoms with Crippen molar-refractivity contribution in [1.29, 1.82) is 5.41 Å². The number of fused-ring (bicyclic) bond motifs is 1. The number of nitrogens with one attached hydrogen (secondary N) is 4. The first kappa shape index (κ1) is 30.0. The first-order valence-corrected chi connectivity index (χ1v) is 13.5. The number of hydrogen-bond acceptors (Lipinski definition) is 10. The van der Waals surface area contributed by atoms with Crippen LogP contribution in [0.1, 0.15) is 12.1 Å². The van der Waals surface area contributed by atoms with E-state index in [1.54, 1.807) is 31.6 Å². The summed E-state index contributed by atoms with van der Waals surface area (Å²) >= 11 is 13.4. The first-order chi connectivity index (χ1) is 19.8. The Kier molecular flexibility index (Phi) is 9.98. The molecule has 1 amide bonds. The van der Waals surface area contributed by atoms with E-state index in [-0.39, 0.29) is 34.5 Å². The maximum atomic E-state index is 12.0. The second kappa shape index (κ2) is 13.6. The third-order valence-corrected chi connectivity index (χ3v) is 7.29. The predicted octanol–water partition coefficient (Wildman–Crippen LogP) is 4.18. The number of halogens is 2. The average Bonchev–Trinajstić information content (AvgIpc) is 2.98. The van der Waals surface area contributed by atoms with Crippen LogP contribution in [0.15, 0.2) is 42.8 Å². The summed E-state index contributed by atoms with van der Waals surface area (Å²) in [4.78, 5) is 26.2. The zero-order valence-electron chi connectivity index (χ0n) is 22.9. The van der Waals surface area contributed by atoms with E-state index in [0.717, 1.165) is 0 Å². The molecule has 0 saturated carbocycles. The van der Waals surface area contributed by atoms with Gasteiger partial charge in [0.1, 0.15) is 11.5 Å². The molecular formula is C28H31Cl2N7O4. The fraction of sp³-hybridized carbons (Fsp3) is 0.321. The summed E-state index contributed by atoms with van der Waals surface area (Å²) in [6.45, 7) is 4.42. The van der Waals surface area contributed by atoms with Gasteiger partial charge in [0.2, 0.25) is 11.9 Å². The lowest BCUT2D eigenvalue weighted by Gasteiger charge is -2.32. The quantitative estimate of drug-likeness (QED) is 0.188. The summed E-state index contributed by atoms with van der Waals surface area (Å²) in [5, 5.41) is 18.3. The summed E-state index contributed by atoms with van der Waals surface area (Å²) in [7, 11) is 4.76. The van der Waals surface area contributed by atoms with Gasteiger partial charge < -0.3 is 35.6 Å². The number of methoxy groups -OCH3 is 2. The van der Waals surface area contributed by atoms with Crippen molar-refractivity contribution in [2.24, 2.45) is 0 Å². The van der Waals surface area contributed by atoms with Crippen molar-refractivity contribution < 1.29 is 19.0 Å². The lowest BCUT2D eigenvalue weighted by atomic mass is 10.0. The number of pyridine rings is 1. The Bertz CT molecular complexity index is 1470. The number of nitrogens with zero attached hydrogens (tertiary/aromatic N) is 3. The zero-order valence-corrected chi connectivity index (χ0v) is 24.4. The van der Waals surface area contributed by atoms with Crippen LogP contribution in [0.5, 0.6) is 11.5 Å². The van der Waals surface area contributed by atoms with E-state index in [2.05, 4.69) is 27.5 Å². The van der Waals surface area contributed by atoms with Crippen LogP contribution in [0.4, 0.5) is 5.95 Å². The number of hydrogen-bond donors (Lipinski definition) is 4. The Labute approximate surface area is 247 Å². The third kappa shape index (κ3) is 6.70. The Hall–Kier alpha value is -3.93. The normalized spacial score (nSPS) is 17.0. The molecule has 0 unspecified atom stereocenters. The van der Waals surface area contributed by atoms with Gasteiger partial charge in [-0.25, -0.2) is 9.97 Å². The minimum Gasteiger partial charge on any atom is -0.495 e. The molecule has 1 saturated heterocycles. The molecule has 1 aromatic carbocycles. The molecule has 41 heavy (non-hydrogen) atoms. The number of aromatic nitrogens is 3. The highest BCUT2D eigenvalue weighted by Gasteiger charge is 2.28. The van der Waals surface area contributed by atoms with E-state index >= 15 is 0 Å². The van der Waals surface area contributed by atoms with Crippen LogP contribution in [0.2, 0.25) is 10.0 Å². The highest BCUT2D eigenvalue weighted by atomic mass is 35.5. The zero-order chi connectivity index (χ0) is 29.5. The highest BCUT2D eigenvalue weighted by Crippen LogP contribution is 2.46. The second-order valence-corrected chi connectivity index (χ2v) is 9.89. The van der Waals surface area contributed by atoms with Crippen LogP contribution in [0, 0.1) is 5.41 Å². The van der Waals surface area contributed by atoms with Crippen molar-refractivity contribution in [2.75, 3.05) is 39.8 Å². The molecule has 2 atom stereocenters. The third-order valence-electron chi connectivity index (χ3n) is 6.54. The van der Waals surface area contributed by atoms with E-state index in [1.807, 2.05) is 0 Å². The molecule has 4 N–H and O–H groups in total. The molecule has 216 valence electrons. The highest BCUT2D eigenvalue weighted by molar-refractivity contribution is 6.41. The number of ether oxygens (including phenoxy) is 3. The molecule has 1 aliphatic heterocycles. The Balaban J connectivity index is 1.83. The van der Waals surface area contributed by atoms with E-state index in [9.17, 15) is 4.79 Å². The molecule has 3 aromatic rings. The summed E-state index contributed by atoms with van der Waals surface area (Å²) in [5.41, 5.74) is 2.70. The van der Waals surface area contributed by atoms with E-state index in [4.69, 9.17) is 52.8 Å². The van der Waals surface area contributed by atoms with Crippen molar-refractivity contribution in [1.82, 2.24) is 25.6 Å². The van der Waals surface area contributed by atoms with Crippen molar-refractivity contribution in [3.05, 3.63) is 58.5 Å². The number of benzene rings is 1. The largest absolute Gasteiger partial charge is 0.495 e. The van der Waals surface area contributed by atoms with Crippen LogP contribution in [0.3, 0.4) is 0 Å². The number of anilines is 1. The molecule has 3 heterocycles. The van der Waals surface area contributed by atoms with Gasteiger partial charge in [0.15, 0.2) is 0 Å². The molecule has 11 nitrogen and oxygen atoms in total. The molecule has 4 rings (SSSR count). The van der Waals surface area contributed by atoms with Gasteiger partial charge in [0.05, 0.1) is 59.9 Å². The Morgan fingerprint density at radius 2 is 1.93 bits per heavy atom. The van der Waals surface area contributed by atoms with Crippen LogP contribution in [-0.4, -0.2) is 73.6 Å². The lowest BCUT2D eigenvalue weighted by Crippen LogP contribution is -2.52. The van der Waals surface area contributed by atoms with Crippen molar-refractivity contribution in [3.63, 3.8) is 0 Å². The van der Waals surface area contributed by atoms with E-state index in [0.29, 0.717) is 70.5 Å². The Morgan fingerprint density at radius 3 is 2.56 bits per heavy atom.